The van der Waals surface area contributed by atoms with Crippen molar-refractivity contribution >= 4 is 31.3 Å². The quantitative estimate of drug-likeness (QED) is 0.350. The zero-order valence-electron chi connectivity index (χ0n) is 19.9. The maximum Gasteiger partial charge on any atom is 0.268 e. The van der Waals surface area contributed by atoms with Crippen molar-refractivity contribution in [3.63, 3.8) is 0 Å². The van der Waals surface area contributed by atoms with Crippen LogP contribution < -0.4 is 4.72 Å². The van der Waals surface area contributed by atoms with Crippen molar-refractivity contribution in [3.8, 4) is 22.4 Å². The number of nitrogens with zero attached hydrogens (tertiary/aromatic N) is 3. The van der Waals surface area contributed by atoms with E-state index in [0.29, 0.717) is 22.8 Å². The van der Waals surface area contributed by atoms with Crippen molar-refractivity contribution in [1.82, 2.24) is 13.6 Å². The summed E-state index contributed by atoms with van der Waals surface area (Å²) >= 11 is 0. The summed E-state index contributed by atoms with van der Waals surface area (Å²) in [5.41, 5.74) is 5.75. The van der Waals surface area contributed by atoms with Gasteiger partial charge in [0.25, 0.3) is 10.0 Å². The maximum absolute atomic E-state index is 13.3. The van der Waals surface area contributed by atoms with Crippen LogP contribution in [-0.2, 0) is 20.0 Å². The lowest BCUT2D eigenvalue weighted by atomic mass is 10.00. The van der Waals surface area contributed by atoms with E-state index in [0.717, 1.165) is 28.5 Å². The molecular weight excluding hydrogens is 496 g/mol. The smallest absolute Gasteiger partial charge is 0.268 e. The Bertz CT molecular complexity index is 1780. The van der Waals surface area contributed by atoms with Gasteiger partial charge in [-0.25, -0.2) is 25.3 Å². The number of benzene rings is 2. The highest BCUT2D eigenvalue weighted by Crippen LogP contribution is 2.36. The molecule has 5 rings (SSSR count). The summed E-state index contributed by atoms with van der Waals surface area (Å²) < 4.78 is 55.2. The molecule has 8 nitrogen and oxygen atoms in total. The average Bonchev–Trinajstić information content (AvgIpc) is 3.38. The number of aromatic nitrogens is 3. The van der Waals surface area contributed by atoms with E-state index in [1.165, 1.54) is 3.97 Å². The number of sulfonamides is 1. The van der Waals surface area contributed by atoms with Gasteiger partial charge in [-0.15, -0.1) is 0 Å². The summed E-state index contributed by atoms with van der Waals surface area (Å²) in [5, 5.41) is 4.75. The molecule has 0 fully saturated rings. The third kappa shape index (κ3) is 4.29. The Kier molecular flexibility index (Phi) is 5.73. The van der Waals surface area contributed by atoms with E-state index in [1.807, 2.05) is 24.4 Å². The Morgan fingerprint density at radius 2 is 1.36 bits per heavy atom. The predicted molar refractivity (Wildman–Crippen MR) is 141 cm³/mol. The van der Waals surface area contributed by atoms with E-state index in [9.17, 15) is 16.8 Å². The molecule has 0 aliphatic carbocycles. The minimum Gasteiger partial charge on any atom is -0.284 e. The van der Waals surface area contributed by atoms with Gasteiger partial charge in [0.1, 0.15) is 5.69 Å². The van der Waals surface area contributed by atoms with E-state index in [-0.39, 0.29) is 4.90 Å². The number of rotatable bonds is 6. The highest BCUT2D eigenvalue weighted by Gasteiger charge is 2.22. The van der Waals surface area contributed by atoms with Gasteiger partial charge in [-0.3, -0.25) is 4.72 Å². The molecule has 0 aliphatic rings. The summed E-state index contributed by atoms with van der Waals surface area (Å²) in [6.45, 7) is 3.53. The standard InChI is InChI=1S/C26H24N4O4S2/c1-18-7-8-19(2)30(18)36(33,34)23-15-11-20(12-16-23)25-24-6-4-5-17-29(24)27-26(25)21-9-13-22(14-10-21)28-35(3,31)32/h4-17,28H,1-3H3. The van der Waals surface area contributed by atoms with Gasteiger partial charge >= 0.3 is 0 Å². The van der Waals surface area contributed by atoms with Crippen molar-refractivity contribution in [3.05, 3.63) is 96.4 Å². The third-order valence-corrected chi connectivity index (χ3v) is 8.42. The molecule has 184 valence electrons. The molecule has 0 spiro atoms. The van der Waals surface area contributed by atoms with Crippen LogP contribution in [0, 0.1) is 13.8 Å². The fourth-order valence-corrected chi connectivity index (χ4v) is 6.46. The van der Waals surface area contributed by atoms with E-state index < -0.39 is 20.0 Å². The Hall–Kier alpha value is -3.89. The molecule has 0 amide bonds. The number of pyridine rings is 1. The summed E-state index contributed by atoms with van der Waals surface area (Å²) in [4.78, 5) is 0.197. The summed E-state index contributed by atoms with van der Waals surface area (Å²) in [6, 6.07) is 23.1. The fraction of sp³-hybridized carbons (Fsp3) is 0.115. The van der Waals surface area contributed by atoms with Crippen molar-refractivity contribution in [1.29, 1.82) is 0 Å². The molecule has 0 saturated carbocycles. The summed E-state index contributed by atoms with van der Waals surface area (Å²) in [6.07, 6.45) is 2.95. The van der Waals surface area contributed by atoms with Crippen LogP contribution in [0.1, 0.15) is 11.4 Å². The van der Waals surface area contributed by atoms with Crippen LogP contribution in [0.15, 0.2) is 90.0 Å². The minimum absolute atomic E-state index is 0.197. The average molecular weight is 521 g/mol. The summed E-state index contributed by atoms with van der Waals surface area (Å²) in [5.74, 6) is 0. The summed E-state index contributed by atoms with van der Waals surface area (Å²) in [7, 11) is -7.11. The molecule has 0 saturated heterocycles. The van der Waals surface area contributed by atoms with E-state index >= 15 is 0 Å². The molecule has 0 atom stereocenters. The Morgan fingerprint density at radius 3 is 1.97 bits per heavy atom. The second-order valence-electron chi connectivity index (χ2n) is 8.62. The zero-order valence-corrected chi connectivity index (χ0v) is 21.5. The van der Waals surface area contributed by atoms with Crippen molar-refractivity contribution in [2.75, 3.05) is 11.0 Å². The molecule has 0 aliphatic heterocycles. The number of hydrogen-bond acceptors (Lipinski definition) is 5. The Balaban J connectivity index is 1.60. The normalized spacial score (nSPS) is 12.2. The van der Waals surface area contributed by atoms with Crippen LogP contribution in [0.25, 0.3) is 27.9 Å². The molecule has 36 heavy (non-hydrogen) atoms. The number of fused-ring (bicyclic) bond motifs is 1. The van der Waals surface area contributed by atoms with Gasteiger partial charge in [0.15, 0.2) is 0 Å². The molecule has 1 N–H and O–H groups in total. The maximum atomic E-state index is 13.3. The largest absolute Gasteiger partial charge is 0.284 e. The first kappa shape index (κ1) is 23.8. The van der Waals surface area contributed by atoms with Gasteiger partial charge in [0, 0.05) is 34.4 Å². The molecule has 0 radical (unpaired) electrons. The monoisotopic (exact) mass is 520 g/mol. The fourth-order valence-electron chi connectivity index (χ4n) is 4.33. The van der Waals surface area contributed by atoms with Crippen LogP contribution in [0.2, 0.25) is 0 Å². The van der Waals surface area contributed by atoms with Gasteiger partial charge in [-0.05, 0) is 67.9 Å². The van der Waals surface area contributed by atoms with Gasteiger partial charge in [0.05, 0.1) is 16.7 Å². The Labute approximate surface area is 209 Å². The van der Waals surface area contributed by atoms with Gasteiger partial charge in [-0.1, -0.05) is 30.3 Å². The number of anilines is 1. The van der Waals surface area contributed by atoms with E-state index in [2.05, 4.69) is 4.72 Å². The molecule has 3 aromatic heterocycles. The molecule has 3 heterocycles. The number of aryl methyl sites for hydroxylation is 2. The van der Waals surface area contributed by atoms with Gasteiger partial charge < -0.3 is 0 Å². The SMILES string of the molecule is Cc1ccc(C)n1S(=O)(=O)c1ccc(-c2c(-c3ccc(NS(C)(=O)=O)cc3)nn3ccccc23)cc1. The molecular formula is C26H24N4O4S2. The highest BCUT2D eigenvalue weighted by molar-refractivity contribution is 7.92. The zero-order chi connectivity index (χ0) is 25.7. The highest BCUT2D eigenvalue weighted by atomic mass is 32.2. The first-order chi connectivity index (χ1) is 17.0. The molecule has 5 aromatic rings. The lowest BCUT2D eigenvalue weighted by Gasteiger charge is -2.12. The topological polar surface area (TPSA) is 103 Å². The third-order valence-electron chi connectivity index (χ3n) is 5.89. The van der Waals surface area contributed by atoms with Crippen LogP contribution in [0.5, 0.6) is 0 Å². The first-order valence-corrected chi connectivity index (χ1v) is 14.4. The lowest BCUT2D eigenvalue weighted by Crippen LogP contribution is -2.15. The molecule has 0 unspecified atom stereocenters. The lowest BCUT2D eigenvalue weighted by molar-refractivity contribution is 0.585. The van der Waals surface area contributed by atoms with Crippen LogP contribution >= 0.6 is 0 Å². The van der Waals surface area contributed by atoms with Crippen molar-refractivity contribution in [2.45, 2.75) is 18.7 Å². The number of hydrogen-bond donors (Lipinski definition) is 1. The second kappa shape index (κ2) is 8.65. The van der Waals surface area contributed by atoms with Crippen LogP contribution in [0.4, 0.5) is 5.69 Å². The first-order valence-electron chi connectivity index (χ1n) is 11.1. The minimum atomic E-state index is -3.73. The van der Waals surface area contributed by atoms with Gasteiger partial charge in [-0.2, -0.15) is 5.10 Å². The van der Waals surface area contributed by atoms with Crippen LogP contribution in [-0.4, -0.2) is 36.7 Å². The van der Waals surface area contributed by atoms with E-state index in [4.69, 9.17) is 5.10 Å². The van der Waals surface area contributed by atoms with Crippen LogP contribution in [0.3, 0.4) is 0 Å². The molecule has 2 aromatic carbocycles. The predicted octanol–water partition coefficient (Wildman–Crippen LogP) is 4.70. The Morgan fingerprint density at radius 1 is 0.750 bits per heavy atom. The molecule has 10 heteroatoms. The second-order valence-corrected chi connectivity index (χ2v) is 12.2. The van der Waals surface area contributed by atoms with Gasteiger partial charge in [0.2, 0.25) is 10.0 Å². The van der Waals surface area contributed by atoms with Crippen molar-refractivity contribution < 1.29 is 16.8 Å². The molecule has 0 bridgehead atoms. The van der Waals surface area contributed by atoms with E-state index in [1.54, 1.807) is 79.0 Å². The number of nitrogens with one attached hydrogen (secondary N) is 1. The van der Waals surface area contributed by atoms with Crippen molar-refractivity contribution in [2.24, 2.45) is 0 Å².